The molecule has 3 rings (SSSR count). The number of nitro groups is 1. The van der Waals surface area contributed by atoms with Crippen LogP contribution in [-0.4, -0.2) is 68.2 Å². The largest absolute Gasteiger partial charge is 0.378 e. The minimum absolute atomic E-state index is 0.0298. The van der Waals surface area contributed by atoms with Crippen LogP contribution in [0.3, 0.4) is 0 Å². The number of morpholine rings is 1. The number of nitrogens with zero attached hydrogens (tertiary/aromatic N) is 3. The van der Waals surface area contributed by atoms with E-state index in [0.717, 1.165) is 26.1 Å². The van der Waals surface area contributed by atoms with E-state index < -0.39 is 4.92 Å². The van der Waals surface area contributed by atoms with E-state index in [4.69, 9.17) is 4.74 Å². The summed E-state index contributed by atoms with van der Waals surface area (Å²) in [5.74, 6) is -0.259. The monoisotopic (exact) mass is 376 g/mol. The predicted octanol–water partition coefficient (Wildman–Crippen LogP) is 2.04. The van der Waals surface area contributed by atoms with Crippen LogP contribution in [0.25, 0.3) is 0 Å². The summed E-state index contributed by atoms with van der Waals surface area (Å²) < 4.78 is 5.30. The molecule has 0 saturated carbocycles. The van der Waals surface area contributed by atoms with Gasteiger partial charge in [0.05, 0.1) is 18.1 Å². The zero-order valence-corrected chi connectivity index (χ0v) is 15.7. The number of piperidine rings is 1. The van der Waals surface area contributed by atoms with Gasteiger partial charge < -0.3 is 19.9 Å². The highest BCUT2D eigenvalue weighted by Gasteiger charge is 2.23. The van der Waals surface area contributed by atoms with Crippen LogP contribution in [-0.2, 0) is 4.74 Å². The third-order valence-corrected chi connectivity index (χ3v) is 5.17. The Morgan fingerprint density at radius 3 is 2.59 bits per heavy atom. The Labute approximate surface area is 159 Å². The first-order valence-corrected chi connectivity index (χ1v) is 9.77. The van der Waals surface area contributed by atoms with Gasteiger partial charge in [-0.25, -0.2) is 0 Å². The van der Waals surface area contributed by atoms with Crippen molar-refractivity contribution in [1.29, 1.82) is 0 Å². The molecule has 0 spiro atoms. The van der Waals surface area contributed by atoms with Gasteiger partial charge in [0.25, 0.3) is 11.6 Å². The third kappa shape index (κ3) is 5.40. The Hall–Kier alpha value is -2.19. The SMILES string of the molecule is O=C(NCCCN1CCCCC1)c1ccc(N2CCOCC2)c([N+](=O)[O-])c1. The van der Waals surface area contributed by atoms with Crippen LogP contribution in [0, 0.1) is 10.1 Å². The van der Waals surface area contributed by atoms with Crippen molar-refractivity contribution < 1.29 is 14.5 Å². The molecular formula is C19H28N4O4. The lowest BCUT2D eigenvalue weighted by Gasteiger charge is -2.28. The standard InChI is InChI=1S/C19H28N4O4/c24-19(20-7-4-10-21-8-2-1-3-9-21)16-5-6-17(18(15-16)23(25)26)22-11-13-27-14-12-22/h5-6,15H,1-4,7-14H2,(H,20,24). The Balaban J connectivity index is 1.55. The molecular weight excluding hydrogens is 348 g/mol. The molecule has 0 aliphatic carbocycles. The molecule has 2 fully saturated rings. The van der Waals surface area contributed by atoms with Crippen LogP contribution in [0.1, 0.15) is 36.0 Å². The zero-order chi connectivity index (χ0) is 19.1. The van der Waals surface area contributed by atoms with E-state index in [1.54, 1.807) is 12.1 Å². The number of rotatable bonds is 7. The van der Waals surface area contributed by atoms with Crippen LogP contribution in [0.2, 0.25) is 0 Å². The summed E-state index contributed by atoms with van der Waals surface area (Å²) in [6.07, 6.45) is 4.71. The number of anilines is 1. The van der Waals surface area contributed by atoms with E-state index in [9.17, 15) is 14.9 Å². The fourth-order valence-electron chi connectivity index (χ4n) is 3.67. The normalized spacial score (nSPS) is 18.3. The van der Waals surface area contributed by atoms with Crippen LogP contribution in [0.4, 0.5) is 11.4 Å². The molecule has 1 aromatic carbocycles. The van der Waals surface area contributed by atoms with Crippen molar-refractivity contribution in [3.05, 3.63) is 33.9 Å². The lowest BCUT2D eigenvalue weighted by molar-refractivity contribution is -0.384. The Kier molecular flexibility index (Phi) is 7.00. The lowest BCUT2D eigenvalue weighted by atomic mass is 10.1. The molecule has 148 valence electrons. The molecule has 0 bridgehead atoms. The molecule has 2 heterocycles. The van der Waals surface area contributed by atoms with Crippen LogP contribution in [0.5, 0.6) is 0 Å². The van der Waals surface area contributed by atoms with Gasteiger partial charge in [0.1, 0.15) is 5.69 Å². The molecule has 0 aromatic heterocycles. The van der Waals surface area contributed by atoms with Gasteiger partial charge in [0, 0.05) is 31.3 Å². The van der Waals surface area contributed by atoms with Gasteiger partial charge in [0.2, 0.25) is 0 Å². The summed E-state index contributed by atoms with van der Waals surface area (Å²) >= 11 is 0. The highest BCUT2D eigenvalue weighted by Crippen LogP contribution is 2.29. The molecule has 1 N–H and O–H groups in total. The minimum Gasteiger partial charge on any atom is -0.378 e. The average molecular weight is 376 g/mol. The van der Waals surface area contributed by atoms with Crippen molar-refractivity contribution in [2.45, 2.75) is 25.7 Å². The van der Waals surface area contributed by atoms with Gasteiger partial charge in [-0.05, 0) is 51.0 Å². The predicted molar refractivity (Wildman–Crippen MR) is 103 cm³/mol. The maximum Gasteiger partial charge on any atom is 0.293 e. The summed E-state index contributed by atoms with van der Waals surface area (Å²) in [5, 5.41) is 14.4. The summed E-state index contributed by atoms with van der Waals surface area (Å²) in [7, 11) is 0. The van der Waals surface area contributed by atoms with Crippen LogP contribution >= 0.6 is 0 Å². The number of nitrogens with one attached hydrogen (secondary N) is 1. The van der Waals surface area contributed by atoms with Gasteiger partial charge in [-0.2, -0.15) is 0 Å². The molecule has 27 heavy (non-hydrogen) atoms. The van der Waals surface area contributed by atoms with Gasteiger partial charge in [-0.15, -0.1) is 0 Å². The smallest absolute Gasteiger partial charge is 0.293 e. The second kappa shape index (κ2) is 9.66. The van der Waals surface area contributed by atoms with E-state index in [1.165, 1.54) is 25.3 Å². The van der Waals surface area contributed by atoms with Gasteiger partial charge >= 0.3 is 0 Å². The number of hydrogen-bond donors (Lipinski definition) is 1. The molecule has 2 aliphatic rings. The first-order valence-electron chi connectivity index (χ1n) is 9.77. The van der Waals surface area contributed by atoms with E-state index in [0.29, 0.717) is 44.1 Å². The second-order valence-electron chi connectivity index (χ2n) is 7.07. The summed E-state index contributed by atoms with van der Waals surface area (Å²) in [6, 6.07) is 4.72. The number of hydrogen-bond acceptors (Lipinski definition) is 6. The Bertz CT molecular complexity index is 655. The van der Waals surface area contributed by atoms with E-state index in [1.807, 2.05) is 4.90 Å². The summed E-state index contributed by atoms with van der Waals surface area (Å²) in [6.45, 7) is 6.18. The molecule has 1 amide bonds. The maximum absolute atomic E-state index is 12.4. The zero-order valence-electron chi connectivity index (χ0n) is 15.7. The molecule has 1 aromatic rings. The molecule has 8 nitrogen and oxygen atoms in total. The van der Waals surface area contributed by atoms with Crippen molar-refractivity contribution in [2.75, 3.05) is 57.4 Å². The fourth-order valence-corrected chi connectivity index (χ4v) is 3.67. The van der Waals surface area contributed by atoms with Crippen molar-refractivity contribution >= 4 is 17.3 Å². The lowest BCUT2D eigenvalue weighted by Crippen LogP contribution is -2.36. The minimum atomic E-state index is -0.419. The number of ether oxygens (including phenoxy) is 1. The molecule has 2 aliphatic heterocycles. The number of nitro benzene ring substituents is 1. The summed E-state index contributed by atoms with van der Waals surface area (Å²) in [4.78, 5) is 27.8. The second-order valence-corrected chi connectivity index (χ2v) is 7.07. The molecule has 0 atom stereocenters. The number of benzene rings is 1. The van der Waals surface area contributed by atoms with E-state index >= 15 is 0 Å². The van der Waals surface area contributed by atoms with Crippen LogP contribution in [0.15, 0.2) is 18.2 Å². The quantitative estimate of drug-likeness (QED) is 0.445. The van der Waals surface area contributed by atoms with Crippen molar-refractivity contribution in [3.63, 3.8) is 0 Å². The van der Waals surface area contributed by atoms with Gasteiger partial charge in [-0.3, -0.25) is 14.9 Å². The summed E-state index contributed by atoms with van der Waals surface area (Å²) in [5.41, 5.74) is 0.847. The highest BCUT2D eigenvalue weighted by molar-refractivity contribution is 5.95. The van der Waals surface area contributed by atoms with Crippen molar-refractivity contribution in [3.8, 4) is 0 Å². The number of amides is 1. The van der Waals surface area contributed by atoms with Crippen LogP contribution < -0.4 is 10.2 Å². The molecule has 0 unspecified atom stereocenters. The van der Waals surface area contributed by atoms with Gasteiger partial charge in [-0.1, -0.05) is 6.42 Å². The number of carbonyl (C=O) groups is 1. The Morgan fingerprint density at radius 1 is 1.15 bits per heavy atom. The van der Waals surface area contributed by atoms with E-state index in [2.05, 4.69) is 10.2 Å². The first-order chi connectivity index (χ1) is 13.1. The van der Waals surface area contributed by atoms with Gasteiger partial charge in [0.15, 0.2) is 0 Å². The average Bonchev–Trinajstić information content (AvgIpc) is 2.72. The fraction of sp³-hybridized carbons (Fsp3) is 0.632. The Morgan fingerprint density at radius 2 is 1.89 bits per heavy atom. The maximum atomic E-state index is 12.4. The third-order valence-electron chi connectivity index (χ3n) is 5.17. The topological polar surface area (TPSA) is 88.0 Å². The van der Waals surface area contributed by atoms with Crippen molar-refractivity contribution in [2.24, 2.45) is 0 Å². The molecule has 0 radical (unpaired) electrons. The van der Waals surface area contributed by atoms with E-state index in [-0.39, 0.29) is 11.6 Å². The molecule has 2 saturated heterocycles. The number of carbonyl (C=O) groups excluding carboxylic acids is 1. The van der Waals surface area contributed by atoms with Crippen molar-refractivity contribution in [1.82, 2.24) is 10.2 Å². The first kappa shape index (κ1) is 19.6. The number of likely N-dealkylation sites (tertiary alicyclic amines) is 1. The molecule has 8 heteroatoms. The highest BCUT2D eigenvalue weighted by atomic mass is 16.6.